The van der Waals surface area contributed by atoms with Gasteiger partial charge in [-0.3, -0.25) is 0 Å². The van der Waals surface area contributed by atoms with Crippen LogP contribution in [0.4, 0.5) is 0 Å². The predicted molar refractivity (Wildman–Crippen MR) is 71.5 cm³/mol. The van der Waals surface area contributed by atoms with Crippen LogP contribution in [0.5, 0.6) is 0 Å². The third-order valence-corrected chi connectivity index (χ3v) is 2.50. The van der Waals surface area contributed by atoms with Crippen molar-refractivity contribution < 1.29 is 13.9 Å². The van der Waals surface area contributed by atoms with Gasteiger partial charge in [0.25, 0.3) is 0 Å². The molecule has 0 N–H and O–H groups in total. The fourth-order valence-corrected chi connectivity index (χ4v) is 1.60. The first-order valence-corrected chi connectivity index (χ1v) is 5.66. The SMILES string of the molecule is COC(=O)/C=C/c1ccc(=O)oc1-c1ccccc1. The number of methoxy groups -OCH3 is 1. The average Bonchev–Trinajstić information content (AvgIpc) is 2.46. The Morgan fingerprint density at radius 1 is 1.16 bits per heavy atom. The zero-order chi connectivity index (χ0) is 13.7. The molecule has 1 aromatic carbocycles. The highest BCUT2D eigenvalue weighted by molar-refractivity contribution is 5.88. The zero-order valence-corrected chi connectivity index (χ0v) is 10.3. The van der Waals surface area contributed by atoms with E-state index in [2.05, 4.69) is 4.74 Å². The van der Waals surface area contributed by atoms with Gasteiger partial charge in [0.05, 0.1) is 7.11 Å². The first-order chi connectivity index (χ1) is 9.20. The first kappa shape index (κ1) is 12.8. The van der Waals surface area contributed by atoms with E-state index in [9.17, 15) is 9.59 Å². The van der Waals surface area contributed by atoms with Gasteiger partial charge in [0.2, 0.25) is 0 Å². The summed E-state index contributed by atoms with van der Waals surface area (Å²) in [5.74, 6) is -0.0431. The maximum absolute atomic E-state index is 11.3. The number of hydrogen-bond donors (Lipinski definition) is 0. The Kier molecular flexibility index (Phi) is 3.93. The van der Waals surface area contributed by atoms with Gasteiger partial charge in [-0.1, -0.05) is 30.3 Å². The molecule has 0 spiro atoms. The van der Waals surface area contributed by atoms with E-state index in [0.29, 0.717) is 11.3 Å². The number of esters is 1. The molecule has 0 aliphatic rings. The van der Waals surface area contributed by atoms with Gasteiger partial charge in [-0.05, 0) is 12.1 Å². The molecule has 2 rings (SSSR count). The fourth-order valence-electron chi connectivity index (χ4n) is 1.60. The number of rotatable bonds is 3. The van der Waals surface area contributed by atoms with Crippen molar-refractivity contribution in [2.24, 2.45) is 0 Å². The van der Waals surface area contributed by atoms with Gasteiger partial charge >= 0.3 is 11.6 Å². The van der Waals surface area contributed by atoms with Crippen molar-refractivity contribution in [2.75, 3.05) is 7.11 Å². The maximum Gasteiger partial charge on any atom is 0.336 e. The quantitative estimate of drug-likeness (QED) is 0.625. The van der Waals surface area contributed by atoms with Crippen molar-refractivity contribution in [3.05, 3.63) is 64.5 Å². The molecule has 4 nitrogen and oxygen atoms in total. The highest BCUT2D eigenvalue weighted by Crippen LogP contribution is 2.22. The van der Waals surface area contributed by atoms with Gasteiger partial charge < -0.3 is 9.15 Å². The van der Waals surface area contributed by atoms with Crippen LogP contribution in [-0.4, -0.2) is 13.1 Å². The molecule has 0 atom stereocenters. The number of carbonyl (C=O) groups excluding carboxylic acids is 1. The number of benzene rings is 1. The molecular weight excluding hydrogens is 244 g/mol. The van der Waals surface area contributed by atoms with E-state index in [1.165, 1.54) is 19.3 Å². The van der Waals surface area contributed by atoms with Crippen molar-refractivity contribution in [1.29, 1.82) is 0 Å². The van der Waals surface area contributed by atoms with Gasteiger partial charge in [0.15, 0.2) is 0 Å². The molecule has 0 unspecified atom stereocenters. The van der Waals surface area contributed by atoms with E-state index in [4.69, 9.17) is 4.42 Å². The van der Waals surface area contributed by atoms with Crippen molar-refractivity contribution in [2.45, 2.75) is 0 Å². The Morgan fingerprint density at radius 3 is 2.58 bits per heavy atom. The van der Waals surface area contributed by atoms with Crippen LogP contribution in [0, 0.1) is 0 Å². The third-order valence-electron chi connectivity index (χ3n) is 2.50. The van der Waals surface area contributed by atoms with Crippen molar-refractivity contribution in [3.8, 4) is 11.3 Å². The molecule has 0 aliphatic heterocycles. The Labute approximate surface area is 110 Å². The predicted octanol–water partition coefficient (Wildman–Crippen LogP) is 2.49. The van der Waals surface area contributed by atoms with Crippen molar-refractivity contribution >= 4 is 12.0 Å². The topological polar surface area (TPSA) is 56.5 Å². The normalized spacial score (nSPS) is 10.6. The van der Waals surface area contributed by atoms with Gasteiger partial charge in [-0.15, -0.1) is 0 Å². The molecule has 4 heteroatoms. The van der Waals surface area contributed by atoms with Crippen molar-refractivity contribution in [1.82, 2.24) is 0 Å². The molecule has 1 heterocycles. The van der Waals surface area contributed by atoms with E-state index >= 15 is 0 Å². The van der Waals surface area contributed by atoms with Gasteiger partial charge in [0, 0.05) is 23.3 Å². The fraction of sp³-hybridized carbons (Fsp3) is 0.0667. The average molecular weight is 256 g/mol. The Morgan fingerprint density at radius 2 is 1.89 bits per heavy atom. The molecule has 19 heavy (non-hydrogen) atoms. The van der Waals surface area contributed by atoms with Crippen LogP contribution in [0.15, 0.2) is 57.8 Å². The van der Waals surface area contributed by atoms with Crippen LogP contribution in [0.1, 0.15) is 5.56 Å². The molecule has 2 aromatic rings. The van der Waals surface area contributed by atoms with Gasteiger partial charge in [-0.2, -0.15) is 0 Å². The minimum Gasteiger partial charge on any atom is -0.466 e. The lowest BCUT2D eigenvalue weighted by molar-refractivity contribution is -0.134. The number of carbonyl (C=O) groups is 1. The number of ether oxygens (including phenoxy) is 1. The summed E-state index contributed by atoms with van der Waals surface area (Å²) < 4.78 is 9.72. The van der Waals surface area contributed by atoms with Crippen LogP contribution in [0.3, 0.4) is 0 Å². The molecule has 0 radical (unpaired) electrons. The van der Waals surface area contributed by atoms with E-state index in [1.807, 2.05) is 30.3 Å². The Bertz CT molecular complexity index is 653. The summed E-state index contributed by atoms with van der Waals surface area (Å²) in [6.07, 6.45) is 2.83. The summed E-state index contributed by atoms with van der Waals surface area (Å²) in [6.45, 7) is 0. The second-order valence-electron chi connectivity index (χ2n) is 3.76. The number of hydrogen-bond acceptors (Lipinski definition) is 4. The molecule has 0 bridgehead atoms. The van der Waals surface area contributed by atoms with E-state index in [1.54, 1.807) is 12.1 Å². The molecule has 0 amide bonds. The summed E-state index contributed by atoms with van der Waals surface area (Å²) in [5.41, 5.74) is 0.968. The lowest BCUT2D eigenvalue weighted by atomic mass is 10.1. The largest absolute Gasteiger partial charge is 0.466 e. The van der Waals surface area contributed by atoms with E-state index in [0.717, 1.165) is 5.56 Å². The standard InChI is InChI=1S/C15H12O4/c1-18-13(16)9-7-12-8-10-14(17)19-15(12)11-5-3-2-4-6-11/h2-10H,1H3/b9-7+. The zero-order valence-electron chi connectivity index (χ0n) is 10.3. The molecule has 0 saturated heterocycles. The highest BCUT2D eigenvalue weighted by atomic mass is 16.5. The molecule has 1 aromatic heterocycles. The smallest absolute Gasteiger partial charge is 0.336 e. The van der Waals surface area contributed by atoms with Gasteiger partial charge in [0.1, 0.15) is 5.76 Å². The van der Waals surface area contributed by atoms with E-state index in [-0.39, 0.29) is 0 Å². The first-order valence-electron chi connectivity index (χ1n) is 5.66. The lowest BCUT2D eigenvalue weighted by Gasteiger charge is -2.03. The van der Waals surface area contributed by atoms with Crippen LogP contribution in [0.2, 0.25) is 0 Å². The van der Waals surface area contributed by atoms with Crippen molar-refractivity contribution in [3.63, 3.8) is 0 Å². The second kappa shape index (κ2) is 5.82. The molecule has 0 saturated carbocycles. The van der Waals surface area contributed by atoms with Crippen LogP contribution in [0.25, 0.3) is 17.4 Å². The second-order valence-corrected chi connectivity index (χ2v) is 3.76. The minimum absolute atomic E-state index is 0.424. The molecular formula is C15H12O4. The summed E-state index contributed by atoms with van der Waals surface area (Å²) in [4.78, 5) is 22.4. The Balaban J connectivity index is 2.48. The summed E-state index contributed by atoms with van der Waals surface area (Å²) in [7, 11) is 1.30. The molecule has 96 valence electrons. The highest BCUT2D eigenvalue weighted by Gasteiger charge is 2.06. The Hall–Kier alpha value is -2.62. The minimum atomic E-state index is -0.467. The summed E-state index contributed by atoms with van der Waals surface area (Å²) in [6, 6.07) is 12.1. The maximum atomic E-state index is 11.3. The third kappa shape index (κ3) is 3.19. The van der Waals surface area contributed by atoms with Gasteiger partial charge in [-0.25, -0.2) is 9.59 Å². The summed E-state index contributed by atoms with van der Waals surface area (Å²) in [5, 5.41) is 0. The molecule has 0 fully saturated rings. The van der Waals surface area contributed by atoms with Crippen LogP contribution in [-0.2, 0) is 9.53 Å². The van der Waals surface area contributed by atoms with Crippen LogP contribution >= 0.6 is 0 Å². The molecule has 0 aliphatic carbocycles. The lowest BCUT2D eigenvalue weighted by Crippen LogP contribution is -1.99. The van der Waals surface area contributed by atoms with E-state index < -0.39 is 11.6 Å². The monoisotopic (exact) mass is 256 g/mol. The van der Waals surface area contributed by atoms with Crippen LogP contribution < -0.4 is 5.63 Å². The summed E-state index contributed by atoms with van der Waals surface area (Å²) >= 11 is 0.